The number of carbonyl (C=O) groups excluding carboxylic acids is 1. The fourth-order valence-corrected chi connectivity index (χ4v) is 5.94. The van der Waals surface area contributed by atoms with Gasteiger partial charge in [0, 0.05) is 5.69 Å². The minimum Gasteiger partial charge on any atom is -0.324 e. The van der Waals surface area contributed by atoms with Crippen molar-refractivity contribution in [3.05, 3.63) is 94.0 Å². The van der Waals surface area contributed by atoms with Crippen LogP contribution in [-0.4, -0.2) is 20.4 Å². The van der Waals surface area contributed by atoms with Crippen molar-refractivity contribution < 1.29 is 13.2 Å². The molecule has 3 aromatic carbocycles. The maximum atomic E-state index is 13.4. The Morgan fingerprint density at radius 3 is 2.12 bits per heavy atom. The molecule has 0 radical (unpaired) electrons. The largest absolute Gasteiger partial charge is 0.324 e. The van der Waals surface area contributed by atoms with Gasteiger partial charge in [0.15, 0.2) is 0 Å². The highest BCUT2D eigenvalue weighted by Gasteiger charge is 2.29. The summed E-state index contributed by atoms with van der Waals surface area (Å²) in [7, 11) is -3.93. The Labute approximate surface area is 197 Å². The number of para-hydroxylation sites is 1. The molecule has 174 valence electrons. The third-order valence-corrected chi connectivity index (χ3v) is 7.53. The summed E-state index contributed by atoms with van der Waals surface area (Å²) >= 11 is 0. The fourth-order valence-electron chi connectivity index (χ4n) is 4.29. The number of carbonyl (C=O) groups is 1. The second-order valence-corrected chi connectivity index (χ2v) is 10.2. The van der Waals surface area contributed by atoms with Crippen molar-refractivity contribution in [2.45, 2.75) is 58.4 Å². The van der Waals surface area contributed by atoms with Gasteiger partial charge < -0.3 is 5.32 Å². The number of hydrogen-bond acceptors (Lipinski definition) is 3. The summed E-state index contributed by atoms with van der Waals surface area (Å²) in [6.07, 6.45) is 0.997. The van der Waals surface area contributed by atoms with Crippen molar-refractivity contribution in [1.82, 2.24) is 4.72 Å². The first kappa shape index (κ1) is 24.7. The predicted octanol–water partition coefficient (Wildman–Crippen LogP) is 5.01. The van der Waals surface area contributed by atoms with Crippen molar-refractivity contribution >= 4 is 21.6 Å². The molecule has 1 atom stereocenters. The lowest BCUT2D eigenvalue weighted by molar-refractivity contribution is -0.117. The van der Waals surface area contributed by atoms with Gasteiger partial charge in [-0.05, 0) is 68.4 Å². The van der Waals surface area contributed by atoms with Crippen molar-refractivity contribution in [2.75, 3.05) is 5.32 Å². The number of amides is 1. The highest BCUT2D eigenvalue weighted by Crippen LogP contribution is 2.24. The third-order valence-electron chi connectivity index (χ3n) is 5.76. The normalized spacial score (nSPS) is 12.4. The second-order valence-electron chi connectivity index (χ2n) is 8.54. The number of benzene rings is 3. The van der Waals surface area contributed by atoms with Gasteiger partial charge >= 0.3 is 0 Å². The number of rotatable bonds is 8. The molecule has 3 rings (SSSR count). The predicted molar refractivity (Wildman–Crippen MR) is 134 cm³/mol. The molecule has 0 aromatic heterocycles. The Morgan fingerprint density at radius 1 is 0.879 bits per heavy atom. The number of sulfonamides is 1. The van der Waals surface area contributed by atoms with E-state index in [-0.39, 0.29) is 17.2 Å². The van der Waals surface area contributed by atoms with Crippen LogP contribution in [0.2, 0.25) is 0 Å². The Morgan fingerprint density at radius 2 is 1.52 bits per heavy atom. The van der Waals surface area contributed by atoms with Gasteiger partial charge in [-0.25, -0.2) is 8.42 Å². The molecule has 0 aliphatic heterocycles. The zero-order valence-electron chi connectivity index (χ0n) is 19.9. The van der Waals surface area contributed by atoms with E-state index in [2.05, 4.69) is 10.0 Å². The summed E-state index contributed by atoms with van der Waals surface area (Å²) in [5, 5.41) is 3.00. The molecule has 0 bridgehead atoms. The van der Waals surface area contributed by atoms with Crippen LogP contribution in [0.5, 0.6) is 0 Å². The molecule has 1 unspecified atom stereocenters. The third kappa shape index (κ3) is 5.89. The van der Waals surface area contributed by atoms with Crippen LogP contribution in [-0.2, 0) is 27.7 Å². The van der Waals surface area contributed by atoms with Crippen LogP contribution < -0.4 is 10.0 Å². The summed E-state index contributed by atoms with van der Waals surface area (Å²) in [4.78, 5) is 13.7. The zero-order valence-corrected chi connectivity index (χ0v) is 20.7. The van der Waals surface area contributed by atoms with Gasteiger partial charge in [0.1, 0.15) is 6.04 Å². The van der Waals surface area contributed by atoms with Crippen LogP contribution in [0.25, 0.3) is 0 Å². The van der Waals surface area contributed by atoms with Crippen LogP contribution in [0.4, 0.5) is 5.69 Å². The number of hydrogen-bond donors (Lipinski definition) is 2. The van der Waals surface area contributed by atoms with E-state index >= 15 is 0 Å². The van der Waals surface area contributed by atoms with Crippen molar-refractivity contribution in [2.24, 2.45) is 0 Å². The molecule has 33 heavy (non-hydrogen) atoms. The Bertz CT molecular complexity index is 1230. The van der Waals surface area contributed by atoms with E-state index in [0.29, 0.717) is 11.1 Å². The maximum Gasteiger partial charge on any atom is 0.242 e. The van der Waals surface area contributed by atoms with Crippen LogP contribution in [0.15, 0.2) is 65.6 Å². The quantitative estimate of drug-likeness (QED) is 0.492. The number of nitrogens with one attached hydrogen (secondary N) is 2. The molecule has 3 aromatic rings. The van der Waals surface area contributed by atoms with Crippen molar-refractivity contribution in [3.63, 3.8) is 0 Å². The van der Waals surface area contributed by atoms with Crippen LogP contribution >= 0.6 is 0 Å². The molecule has 0 fully saturated rings. The summed E-state index contributed by atoms with van der Waals surface area (Å²) in [5.41, 5.74) is 5.87. The summed E-state index contributed by atoms with van der Waals surface area (Å²) in [6.45, 7) is 9.45. The first-order valence-corrected chi connectivity index (χ1v) is 12.6. The molecule has 0 spiro atoms. The van der Waals surface area contributed by atoms with Gasteiger partial charge in [-0.1, -0.05) is 73.2 Å². The van der Waals surface area contributed by atoms with Crippen LogP contribution in [0, 0.1) is 27.7 Å². The van der Waals surface area contributed by atoms with E-state index in [1.54, 1.807) is 13.8 Å². The van der Waals surface area contributed by atoms with Crippen molar-refractivity contribution in [3.8, 4) is 0 Å². The number of aryl methyl sites for hydroxylation is 5. The van der Waals surface area contributed by atoms with Crippen LogP contribution in [0.1, 0.15) is 40.3 Å². The molecule has 6 heteroatoms. The second kappa shape index (κ2) is 10.3. The summed E-state index contributed by atoms with van der Waals surface area (Å²) in [6, 6.07) is 18.0. The van der Waals surface area contributed by atoms with Gasteiger partial charge in [-0.2, -0.15) is 4.72 Å². The van der Waals surface area contributed by atoms with E-state index in [4.69, 9.17) is 0 Å². The van der Waals surface area contributed by atoms with Gasteiger partial charge in [0.25, 0.3) is 0 Å². The average molecular weight is 465 g/mol. The molecule has 1 amide bonds. The topological polar surface area (TPSA) is 75.3 Å². The summed E-state index contributed by atoms with van der Waals surface area (Å²) < 4.78 is 29.6. The Hall–Kier alpha value is -2.96. The molecule has 0 saturated heterocycles. The van der Waals surface area contributed by atoms with Gasteiger partial charge in [-0.3, -0.25) is 4.79 Å². The van der Waals surface area contributed by atoms with E-state index in [1.165, 1.54) is 0 Å². The fraction of sp³-hybridized carbons (Fsp3) is 0.296. The average Bonchev–Trinajstić information content (AvgIpc) is 2.74. The Kier molecular flexibility index (Phi) is 7.72. The van der Waals surface area contributed by atoms with Gasteiger partial charge in [0.2, 0.25) is 15.9 Å². The van der Waals surface area contributed by atoms with Gasteiger partial charge in [0.05, 0.1) is 4.90 Å². The summed E-state index contributed by atoms with van der Waals surface area (Å²) in [5.74, 6) is -0.381. The smallest absolute Gasteiger partial charge is 0.242 e. The molecule has 0 heterocycles. The monoisotopic (exact) mass is 464 g/mol. The lowest BCUT2D eigenvalue weighted by Gasteiger charge is -2.22. The maximum absolute atomic E-state index is 13.4. The van der Waals surface area contributed by atoms with Crippen LogP contribution in [0.3, 0.4) is 0 Å². The molecule has 2 N–H and O–H groups in total. The molecular formula is C27H32N2O3S. The molecule has 0 aliphatic rings. The van der Waals surface area contributed by atoms with E-state index in [1.807, 2.05) is 81.4 Å². The lowest BCUT2D eigenvalue weighted by atomic mass is 10.0. The standard InChI is InChI=1S/C27H32N2O3S/c1-6-23-14-10-11-19(3)25(23)28-27(30)24(17-22-12-8-7-9-13-22)29-33(31,32)26-20(4)15-18(2)16-21(26)5/h7-16,24,29H,6,17H2,1-5H3,(H,28,30). The Balaban J connectivity index is 1.98. The molecule has 0 aliphatic carbocycles. The first-order chi connectivity index (χ1) is 15.6. The van der Waals surface area contributed by atoms with Crippen molar-refractivity contribution in [1.29, 1.82) is 0 Å². The molecular weight excluding hydrogens is 432 g/mol. The minimum atomic E-state index is -3.93. The van der Waals surface area contributed by atoms with E-state index in [0.717, 1.165) is 34.4 Å². The van der Waals surface area contributed by atoms with E-state index < -0.39 is 16.1 Å². The lowest BCUT2D eigenvalue weighted by Crippen LogP contribution is -2.45. The highest BCUT2D eigenvalue weighted by molar-refractivity contribution is 7.89. The van der Waals surface area contributed by atoms with Gasteiger partial charge in [-0.15, -0.1) is 0 Å². The SMILES string of the molecule is CCc1cccc(C)c1NC(=O)C(Cc1ccccc1)NS(=O)(=O)c1c(C)cc(C)cc1C. The highest BCUT2D eigenvalue weighted by atomic mass is 32.2. The minimum absolute atomic E-state index is 0.226. The molecule has 0 saturated carbocycles. The first-order valence-electron chi connectivity index (χ1n) is 11.2. The number of anilines is 1. The zero-order chi connectivity index (χ0) is 24.2. The van der Waals surface area contributed by atoms with E-state index in [9.17, 15) is 13.2 Å². The molecule has 5 nitrogen and oxygen atoms in total.